The molecule has 0 aliphatic carbocycles. The molecule has 0 fully saturated rings. The van der Waals surface area contributed by atoms with E-state index in [0.717, 1.165) is 32.1 Å². The molecule has 3 nitrogen and oxygen atoms in total. The van der Waals surface area contributed by atoms with Crippen molar-refractivity contribution in [2.75, 3.05) is 13.2 Å². The lowest BCUT2D eigenvalue weighted by Gasteiger charge is -2.06. The lowest BCUT2D eigenvalue weighted by Crippen LogP contribution is -2.09. The molecule has 0 amide bonds. The third-order valence-corrected chi connectivity index (χ3v) is 3.64. The molecule has 0 aliphatic heterocycles. The van der Waals surface area contributed by atoms with E-state index >= 15 is 0 Å². The molecule has 124 valence electrons. The number of unbranched alkanes of at least 4 members (excludes halogenated alkanes) is 6. The van der Waals surface area contributed by atoms with Crippen LogP contribution in [-0.2, 0) is 15.9 Å². The van der Waals surface area contributed by atoms with E-state index in [4.69, 9.17) is 9.47 Å². The van der Waals surface area contributed by atoms with Gasteiger partial charge in [0.05, 0.1) is 13.2 Å². The monoisotopic (exact) mass is 306 g/mol. The second-order valence-electron chi connectivity index (χ2n) is 5.66. The summed E-state index contributed by atoms with van der Waals surface area (Å²) >= 11 is 0. The van der Waals surface area contributed by atoms with Crippen LogP contribution in [0, 0.1) is 0 Å². The summed E-state index contributed by atoms with van der Waals surface area (Å²) in [4.78, 5) is 11.3. The Morgan fingerprint density at radius 3 is 2.05 bits per heavy atom. The molecule has 0 saturated carbocycles. The number of ether oxygens (including phenoxy) is 2. The van der Waals surface area contributed by atoms with Crippen molar-refractivity contribution in [2.24, 2.45) is 0 Å². The number of hydrogen-bond acceptors (Lipinski definition) is 3. The van der Waals surface area contributed by atoms with E-state index in [1.165, 1.54) is 31.2 Å². The number of carbonyl (C=O) groups excluding carboxylic acids is 1. The average molecular weight is 306 g/mol. The average Bonchev–Trinajstić information content (AvgIpc) is 2.55. The molecule has 0 saturated heterocycles. The largest absolute Gasteiger partial charge is 0.508 e. The van der Waals surface area contributed by atoms with Gasteiger partial charge in [-0.2, -0.15) is 0 Å². The summed E-state index contributed by atoms with van der Waals surface area (Å²) < 4.78 is 10.1. The van der Waals surface area contributed by atoms with E-state index in [9.17, 15) is 4.79 Å². The number of rotatable bonds is 12. The molecule has 0 heterocycles. The minimum Gasteiger partial charge on any atom is -0.434 e. The molecule has 0 N–H and O–H groups in total. The summed E-state index contributed by atoms with van der Waals surface area (Å²) in [5.41, 5.74) is 1.39. The van der Waals surface area contributed by atoms with Gasteiger partial charge in [0.25, 0.3) is 0 Å². The SMILES string of the molecule is CCCCCCOC(=O)OCCCCCCc1ccccc1. The van der Waals surface area contributed by atoms with Crippen molar-refractivity contribution < 1.29 is 14.3 Å². The van der Waals surface area contributed by atoms with Crippen molar-refractivity contribution >= 4 is 6.16 Å². The molecule has 1 aromatic carbocycles. The van der Waals surface area contributed by atoms with Crippen LogP contribution in [0.3, 0.4) is 0 Å². The highest BCUT2D eigenvalue weighted by molar-refractivity contribution is 5.59. The quantitative estimate of drug-likeness (QED) is 0.376. The Bertz CT molecular complexity index is 376. The van der Waals surface area contributed by atoms with Gasteiger partial charge < -0.3 is 9.47 Å². The highest BCUT2D eigenvalue weighted by Crippen LogP contribution is 2.08. The van der Waals surface area contributed by atoms with E-state index in [2.05, 4.69) is 31.2 Å². The van der Waals surface area contributed by atoms with Gasteiger partial charge in [-0.1, -0.05) is 69.4 Å². The van der Waals surface area contributed by atoms with Gasteiger partial charge in [0.15, 0.2) is 0 Å². The summed E-state index contributed by atoms with van der Waals surface area (Å²) in [5, 5.41) is 0. The maximum Gasteiger partial charge on any atom is 0.508 e. The zero-order valence-corrected chi connectivity index (χ0v) is 13.9. The normalized spacial score (nSPS) is 10.4. The molecular weight excluding hydrogens is 276 g/mol. The van der Waals surface area contributed by atoms with Crippen LogP contribution >= 0.6 is 0 Å². The molecule has 3 heteroatoms. The standard InChI is InChI=1S/C19H30O3/c1-2-3-4-11-16-21-19(20)22-17-12-6-5-8-13-18-14-9-7-10-15-18/h7,9-10,14-15H,2-6,8,11-13,16-17H2,1H3. The molecule has 0 aromatic heterocycles. The fourth-order valence-electron chi connectivity index (χ4n) is 2.31. The van der Waals surface area contributed by atoms with Crippen LogP contribution < -0.4 is 0 Å². The fourth-order valence-corrected chi connectivity index (χ4v) is 2.31. The Balaban J connectivity index is 1.85. The molecule has 0 bridgehead atoms. The number of benzene rings is 1. The fraction of sp³-hybridized carbons (Fsp3) is 0.632. The van der Waals surface area contributed by atoms with Gasteiger partial charge in [-0.05, 0) is 31.2 Å². The lowest BCUT2D eigenvalue weighted by molar-refractivity contribution is 0.0529. The maximum atomic E-state index is 11.3. The van der Waals surface area contributed by atoms with Gasteiger partial charge in [-0.15, -0.1) is 0 Å². The molecule has 0 spiro atoms. The predicted molar refractivity (Wildman–Crippen MR) is 90.1 cm³/mol. The predicted octanol–water partition coefficient (Wildman–Crippen LogP) is 5.52. The summed E-state index contributed by atoms with van der Waals surface area (Å²) in [7, 11) is 0. The Kier molecular flexibility index (Phi) is 11.1. The molecule has 0 atom stereocenters. The molecule has 1 aromatic rings. The van der Waals surface area contributed by atoms with Crippen LogP contribution in [-0.4, -0.2) is 19.4 Å². The maximum absolute atomic E-state index is 11.3. The minimum absolute atomic E-state index is 0.471. The van der Waals surface area contributed by atoms with Crippen molar-refractivity contribution in [1.82, 2.24) is 0 Å². The van der Waals surface area contributed by atoms with Gasteiger partial charge in [-0.25, -0.2) is 4.79 Å². The zero-order valence-electron chi connectivity index (χ0n) is 13.9. The van der Waals surface area contributed by atoms with Crippen LogP contribution in [0.25, 0.3) is 0 Å². The molecule has 0 unspecified atom stereocenters. The third kappa shape index (κ3) is 10.3. The van der Waals surface area contributed by atoms with E-state index in [1.54, 1.807) is 0 Å². The minimum atomic E-state index is -0.513. The molecule has 0 aliphatic rings. The van der Waals surface area contributed by atoms with Crippen molar-refractivity contribution in [1.29, 1.82) is 0 Å². The Morgan fingerprint density at radius 1 is 0.818 bits per heavy atom. The summed E-state index contributed by atoms with van der Waals surface area (Å²) in [6, 6.07) is 10.5. The topological polar surface area (TPSA) is 35.5 Å². The van der Waals surface area contributed by atoms with Crippen LogP contribution in [0.15, 0.2) is 30.3 Å². The smallest absolute Gasteiger partial charge is 0.434 e. The second kappa shape index (κ2) is 13.2. The second-order valence-corrected chi connectivity index (χ2v) is 5.66. The number of hydrogen-bond donors (Lipinski definition) is 0. The van der Waals surface area contributed by atoms with Gasteiger partial charge >= 0.3 is 6.16 Å². The molecule has 0 radical (unpaired) electrons. The molecular formula is C19H30O3. The van der Waals surface area contributed by atoms with Crippen LogP contribution in [0.5, 0.6) is 0 Å². The first-order chi connectivity index (χ1) is 10.8. The number of aryl methyl sites for hydroxylation is 1. The third-order valence-electron chi connectivity index (χ3n) is 3.64. The van der Waals surface area contributed by atoms with Gasteiger partial charge in [-0.3, -0.25) is 0 Å². The first-order valence-electron chi connectivity index (χ1n) is 8.66. The number of carbonyl (C=O) groups is 1. The summed E-state index contributed by atoms with van der Waals surface area (Å²) in [6.07, 6.45) is 9.42. The van der Waals surface area contributed by atoms with Gasteiger partial charge in [0.2, 0.25) is 0 Å². The van der Waals surface area contributed by atoms with Gasteiger partial charge in [0, 0.05) is 0 Å². The Morgan fingerprint density at radius 2 is 1.41 bits per heavy atom. The van der Waals surface area contributed by atoms with Crippen LogP contribution in [0.2, 0.25) is 0 Å². The van der Waals surface area contributed by atoms with E-state index < -0.39 is 6.16 Å². The van der Waals surface area contributed by atoms with Crippen molar-refractivity contribution in [3.8, 4) is 0 Å². The zero-order chi connectivity index (χ0) is 15.9. The summed E-state index contributed by atoms with van der Waals surface area (Å²) in [6.45, 7) is 3.12. The summed E-state index contributed by atoms with van der Waals surface area (Å²) in [5.74, 6) is 0. The van der Waals surface area contributed by atoms with E-state index in [1.807, 2.05) is 6.07 Å². The van der Waals surface area contributed by atoms with Crippen LogP contribution in [0.4, 0.5) is 4.79 Å². The van der Waals surface area contributed by atoms with Crippen molar-refractivity contribution in [2.45, 2.75) is 64.7 Å². The highest BCUT2D eigenvalue weighted by Gasteiger charge is 2.02. The van der Waals surface area contributed by atoms with Crippen molar-refractivity contribution in [3.63, 3.8) is 0 Å². The molecule has 22 heavy (non-hydrogen) atoms. The van der Waals surface area contributed by atoms with Gasteiger partial charge in [0.1, 0.15) is 0 Å². The van der Waals surface area contributed by atoms with Crippen molar-refractivity contribution in [3.05, 3.63) is 35.9 Å². The Hall–Kier alpha value is -1.51. The first-order valence-corrected chi connectivity index (χ1v) is 8.66. The van der Waals surface area contributed by atoms with E-state index in [-0.39, 0.29) is 0 Å². The van der Waals surface area contributed by atoms with Crippen LogP contribution in [0.1, 0.15) is 63.9 Å². The lowest BCUT2D eigenvalue weighted by atomic mass is 10.1. The highest BCUT2D eigenvalue weighted by atomic mass is 16.7. The first kappa shape index (κ1) is 18.5. The van der Waals surface area contributed by atoms with E-state index in [0.29, 0.717) is 13.2 Å². The molecule has 1 rings (SSSR count). The Labute approximate surface area is 135 Å².